The lowest BCUT2D eigenvalue weighted by Gasteiger charge is -2.24. The molecule has 4 amide bonds. The maximum Gasteiger partial charge on any atom is 0.325 e. The minimum absolute atomic E-state index is 0.170. The molecule has 1 heterocycles. The van der Waals surface area contributed by atoms with Crippen LogP contribution in [0.4, 0.5) is 9.18 Å². The second kappa shape index (κ2) is 7.59. The van der Waals surface area contributed by atoms with Gasteiger partial charge in [-0.15, -0.1) is 0 Å². The smallest absolute Gasteiger partial charge is 0.325 e. The van der Waals surface area contributed by atoms with E-state index in [1.54, 1.807) is 25.1 Å². The minimum Gasteiger partial charge on any atom is -0.350 e. The topological polar surface area (TPSA) is 78.5 Å². The number of imide groups is 1. The Morgan fingerprint density at radius 1 is 1.03 bits per heavy atom. The van der Waals surface area contributed by atoms with Gasteiger partial charge >= 0.3 is 6.03 Å². The van der Waals surface area contributed by atoms with Crippen molar-refractivity contribution in [3.8, 4) is 0 Å². The molecular weight excluding hydrogens is 385 g/mol. The number of hydrogen-bond acceptors (Lipinski definition) is 3. The van der Waals surface area contributed by atoms with Crippen LogP contribution >= 0.6 is 0 Å². The van der Waals surface area contributed by atoms with Gasteiger partial charge in [0.2, 0.25) is 5.91 Å². The largest absolute Gasteiger partial charge is 0.350 e. The van der Waals surface area contributed by atoms with Gasteiger partial charge in [-0.25, -0.2) is 9.18 Å². The molecule has 0 radical (unpaired) electrons. The van der Waals surface area contributed by atoms with E-state index in [4.69, 9.17) is 0 Å². The summed E-state index contributed by atoms with van der Waals surface area (Å²) in [5, 5.41) is 7.20. The summed E-state index contributed by atoms with van der Waals surface area (Å²) in [7, 11) is 0. The van der Waals surface area contributed by atoms with Crippen LogP contribution in [0.5, 0.6) is 0 Å². The van der Waals surface area contributed by atoms with E-state index in [1.165, 1.54) is 12.1 Å². The number of hydrogen-bond donors (Lipinski definition) is 2. The zero-order chi connectivity index (χ0) is 21.3. The quantitative estimate of drug-likeness (QED) is 0.641. The fourth-order valence-corrected chi connectivity index (χ4v) is 3.69. The Balaban J connectivity index is 1.50. The van der Waals surface area contributed by atoms with Gasteiger partial charge in [-0.2, -0.15) is 0 Å². The Hall–Kier alpha value is -3.74. The Labute approximate surface area is 172 Å². The normalized spacial score (nSPS) is 18.5. The molecule has 1 fully saturated rings. The van der Waals surface area contributed by atoms with Gasteiger partial charge in [-0.3, -0.25) is 14.5 Å². The number of urea groups is 1. The number of halogens is 1. The molecule has 2 N–H and O–H groups in total. The molecule has 1 aliphatic rings. The standard InChI is InChI=1S/C23H20FN3O3/c1-23(19-8-4-6-16-5-2-3-7-18(16)19)21(29)27(22(30)26-23)14-20(28)25-13-15-9-11-17(24)12-10-15/h2-12H,13-14H2,1H3,(H,25,28)(H,26,30)/t23-/m0/s1. The first kappa shape index (κ1) is 19.6. The first-order valence-electron chi connectivity index (χ1n) is 9.52. The molecule has 0 saturated carbocycles. The number of rotatable bonds is 5. The molecule has 7 heteroatoms. The van der Waals surface area contributed by atoms with Crippen molar-refractivity contribution in [2.24, 2.45) is 0 Å². The number of benzene rings is 3. The average molecular weight is 405 g/mol. The number of fused-ring (bicyclic) bond motifs is 1. The van der Waals surface area contributed by atoms with Crippen molar-refractivity contribution in [1.29, 1.82) is 0 Å². The summed E-state index contributed by atoms with van der Waals surface area (Å²) < 4.78 is 13.0. The zero-order valence-corrected chi connectivity index (χ0v) is 16.3. The van der Waals surface area contributed by atoms with Crippen molar-refractivity contribution < 1.29 is 18.8 Å². The predicted octanol–water partition coefficient (Wildman–Crippen LogP) is 3.06. The lowest BCUT2D eigenvalue weighted by Crippen LogP contribution is -2.43. The summed E-state index contributed by atoms with van der Waals surface area (Å²) in [6.07, 6.45) is 0. The molecule has 3 aromatic carbocycles. The van der Waals surface area contributed by atoms with E-state index >= 15 is 0 Å². The van der Waals surface area contributed by atoms with Gasteiger partial charge in [-0.1, -0.05) is 54.6 Å². The Morgan fingerprint density at radius 2 is 1.73 bits per heavy atom. The first-order valence-corrected chi connectivity index (χ1v) is 9.52. The molecular formula is C23H20FN3O3. The van der Waals surface area contributed by atoms with E-state index in [0.717, 1.165) is 15.7 Å². The van der Waals surface area contributed by atoms with Gasteiger partial charge < -0.3 is 10.6 Å². The molecule has 0 unspecified atom stereocenters. The van der Waals surface area contributed by atoms with Crippen LogP contribution in [0.25, 0.3) is 10.8 Å². The van der Waals surface area contributed by atoms with E-state index in [-0.39, 0.29) is 12.4 Å². The van der Waals surface area contributed by atoms with Crippen molar-refractivity contribution in [3.63, 3.8) is 0 Å². The number of nitrogens with one attached hydrogen (secondary N) is 2. The Bertz CT molecular complexity index is 1140. The maximum atomic E-state index is 13.1. The average Bonchev–Trinajstić information content (AvgIpc) is 2.96. The van der Waals surface area contributed by atoms with Crippen LogP contribution in [-0.2, 0) is 21.7 Å². The van der Waals surface area contributed by atoms with Crippen molar-refractivity contribution in [3.05, 3.63) is 83.7 Å². The molecule has 3 aromatic rings. The van der Waals surface area contributed by atoms with E-state index in [2.05, 4.69) is 10.6 Å². The van der Waals surface area contributed by atoms with Crippen molar-refractivity contribution in [2.75, 3.05) is 6.54 Å². The Morgan fingerprint density at radius 3 is 2.50 bits per heavy atom. The third-order valence-corrected chi connectivity index (χ3v) is 5.31. The molecule has 1 saturated heterocycles. The van der Waals surface area contributed by atoms with Gasteiger partial charge in [-0.05, 0) is 41.0 Å². The van der Waals surface area contributed by atoms with Crippen LogP contribution in [0.3, 0.4) is 0 Å². The van der Waals surface area contributed by atoms with Crippen LogP contribution in [-0.4, -0.2) is 29.3 Å². The molecule has 1 aliphatic heterocycles. The van der Waals surface area contributed by atoms with Crippen LogP contribution in [0.15, 0.2) is 66.7 Å². The van der Waals surface area contributed by atoms with Gasteiger partial charge in [0.1, 0.15) is 17.9 Å². The van der Waals surface area contributed by atoms with E-state index in [0.29, 0.717) is 11.1 Å². The number of carbonyl (C=O) groups excluding carboxylic acids is 3. The maximum absolute atomic E-state index is 13.1. The summed E-state index contributed by atoms with van der Waals surface area (Å²) >= 11 is 0. The van der Waals surface area contributed by atoms with Gasteiger partial charge in [0.05, 0.1) is 0 Å². The summed E-state index contributed by atoms with van der Waals surface area (Å²) in [5.74, 6) is -1.33. The minimum atomic E-state index is -1.27. The Kier molecular flexibility index (Phi) is 4.95. The lowest BCUT2D eigenvalue weighted by molar-refractivity contribution is -0.134. The van der Waals surface area contributed by atoms with Crippen molar-refractivity contribution >= 4 is 28.6 Å². The molecule has 0 spiro atoms. The highest BCUT2D eigenvalue weighted by molar-refractivity contribution is 6.10. The second-order valence-corrected chi connectivity index (χ2v) is 7.38. The van der Waals surface area contributed by atoms with E-state index in [1.807, 2.05) is 36.4 Å². The highest BCUT2D eigenvalue weighted by Gasteiger charge is 2.50. The van der Waals surface area contributed by atoms with E-state index < -0.39 is 29.9 Å². The van der Waals surface area contributed by atoms with Gasteiger partial charge in [0, 0.05) is 6.54 Å². The molecule has 152 valence electrons. The molecule has 30 heavy (non-hydrogen) atoms. The summed E-state index contributed by atoms with van der Waals surface area (Å²) in [6, 6.07) is 18.3. The second-order valence-electron chi connectivity index (χ2n) is 7.38. The third-order valence-electron chi connectivity index (χ3n) is 5.31. The van der Waals surface area contributed by atoms with Gasteiger partial charge in [0.15, 0.2) is 0 Å². The molecule has 4 rings (SSSR count). The molecule has 0 bridgehead atoms. The van der Waals surface area contributed by atoms with Crippen molar-refractivity contribution in [1.82, 2.24) is 15.5 Å². The molecule has 0 aromatic heterocycles. The zero-order valence-electron chi connectivity index (χ0n) is 16.3. The summed E-state index contributed by atoms with van der Waals surface area (Å²) in [6.45, 7) is 1.42. The number of amides is 4. The fourth-order valence-electron chi connectivity index (χ4n) is 3.69. The highest BCUT2D eigenvalue weighted by atomic mass is 19.1. The highest BCUT2D eigenvalue weighted by Crippen LogP contribution is 2.33. The lowest BCUT2D eigenvalue weighted by atomic mass is 9.88. The van der Waals surface area contributed by atoms with Crippen molar-refractivity contribution in [2.45, 2.75) is 19.0 Å². The molecule has 1 atom stereocenters. The predicted molar refractivity (Wildman–Crippen MR) is 110 cm³/mol. The van der Waals surface area contributed by atoms with Gasteiger partial charge in [0.25, 0.3) is 5.91 Å². The number of carbonyl (C=O) groups is 3. The number of nitrogens with zero attached hydrogens (tertiary/aromatic N) is 1. The summed E-state index contributed by atoms with van der Waals surface area (Å²) in [4.78, 5) is 38.9. The monoisotopic (exact) mass is 405 g/mol. The van der Waals surface area contributed by atoms with E-state index in [9.17, 15) is 18.8 Å². The van der Waals surface area contributed by atoms with Crippen LogP contribution in [0.2, 0.25) is 0 Å². The molecule has 0 aliphatic carbocycles. The van der Waals surface area contributed by atoms with Crippen LogP contribution in [0, 0.1) is 5.82 Å². The fraction of sp³-hybridized carbons (Fsp3) is 0.174. The van der Waals surface area contributed by atoms with Crippen LogP contribution < -0.4 is 10.6 Å². The SMILES string of the molecule is C[C@@]1(c2cccc3ccccc23)NC(=O)N(CC(=O)NCc2ccc(F)cc2)C1=O. The summed E-state index contributed by atoms with van der Waals surface area (Å²) in [5.41, 5.74) is 0.116. The molecule has 6 nitrogen and oxygen atoms in total. The van der Waals surface area contributed by atoms with Crippen LogP contribution in [0.1, 0.15) is 18.1 Å². The third kappa shape index (κ3) is 3.50. The first-order chi connectivity index (χ1) is 14.4.